The number of hydrogen-bond acceptors (Lipinski definition) is 8. The number of hydrogen-bond donors (Lipinski definition) is 2. The molecule has 4 aromatic rings. The second kappa shape index (κ2) is 13.3. The van der Waals surface area contributed by atoms with Crippen LogP contribution in [0.1, 0.15) is 92.0 Å². The second-order valence-electron chi connectivity index (χ2n) is 14.9. The minimum absolute atomic E-state index is 0.0573. The van der Waals surface area contributed by atoms with E-state index < -0.39 is 0 Å². The highest BCUT2D eigenvalue weighted by Gasteiger charge is 2.45. The number of aromatic nitrogens is 1. The first-order chi connectivity index (χ1) is 25.3. The predicted molar refractivity (Wildman–Crippen MR) is 204 cm³/mol. The van der Waals surface area contributed by atoms with Crippen LogP contribution >= 0.6 is 11.3 Å². The van der Waals surface area contributed by atoms with Crippen LogP contribution in [0.5, 0.6) is 0 Å². The standard InChI is InChI=1S/C41H42N6O4S/c1-25-36(34-16-17-35(52-34)39(49)43-28-7-5-8-28)44-32-9-2-3-11-33(32)47(25)40(50)26-12-14-29(15-13-26)42-38(48)30-22-27-6-4-10-31(27)45-37(30)46-23-41(24-46)18-20-51-21-19-41/h2-3,9,11-17,22,25,28H,4-8,10,18-21,23-24H2,1H3,(H,42,48)(H,43,49)/t25-/m1/s1. The number of carbonyl (C=O) groups excluding carboxylic acids is 3. The number of pyridine rings is 1. The van der Waals surface area contributed by atoms with E-state index in [4.69, 9.17) is 14.7 Å². The Balaban J connectivity index is 0.929. The summed E-state index contributed by atoms with van der Waals surface area (Å²) in [6.07, 6.45) is 8.25. The lowest BCUT2D eigenvalue weighted by molar-refractivity contribution is -0.000521. The lowest BCUT2D eigenvalue weighted by Crippen LogP contribution is -2.59. The lowest BCUT2D eigenvalue weighted by atomic mass is 9.73. The van der Waals surface area contributed by atoms with Gasteiger partial charge in [-0.1, -0.05) is 12.1 Å². The van der Waals surface area contributed by atoms with Crippen LogP contribution in [0, 0.1) is 5.41 Å². The zero-order valence-electron chi connectivity index (χ0n) is 29.3. The van der Waals surface area contributed by atoms with Crippen molar-refractivity contribution >= 4 is 57.7 Å². The first kappa shape index (κ1) is 33.0. The number of aryl methyl sites for hydroxylation is 2. The molecule has 1 atom stereocenters. The number of thiophene rings is 1. The summed E-state index contributed by atoms with van der Waals surface area (Å²) in [4.78, 5) is 56.6. The van der Waals surface area contributed by atoms with Gasteiger partial charge in [0.1, 0.15) is 5.82 Å². The summed E-state index contributed by atoms with van der Waals surface area (Å²) in [6.45, 7) is 5.36. The van der Waals surface area contributed by atoms with Gasteiger partial charge in [0.25, 0.3) is 17.7 Å². The highest BCUT2D eigenvalue weighted by molar-refractivity contribution is 7.16. The van der Waals surface area contributed by atoms with Crippen LogP contribution in [-0.2, 0) is 17.6 Å². The molecule has 2 saturated heterocycles. The van der Waals surface area contributed by atoms with Gasteiger partial charge >= 0.3 is 0 Å². The van der Waals surface area contributed by atoms with Crippen molar-refractivity contribution in [3.63, 3.8) is 0 Å². The highest BCUT2D eigenvalue weighted by atomic mass is 32.1. The number of ether oxygens (including phenoxy) is 1. The first-order valence-electron chi connectivity index (χ1n) is 18.5. The molecule has 5 aliphatic rings. The number of benzene rings is 2. The van der Waals surface area contributed by atoms with Crippen LogP contribution in [0.4, 0.5) is 22.9 Å². The third-order valence-corrected chi connectivity index (χ3v) is 12.6. The first-order valence-corrected chi connectivity index (χ1v) is 19.3. The normalized spacial score (nSPS) is 20.3. The molecule has 1 spiro atoms. The number of carbonyl (C=O) groups is 3. The fraction of sp³-hybridized carbons (Fsp3) is 0.390. The fourth-order valence-electron chi connectivity index (χ4n) is 8.21. The second-order valence-corrected chi connectivity index (χ2v) is 16.0. The summed E-state index contributed by atoms with van der Waals surface area (Å²) in [5.41, 5.74) is 6.40. The smallest absolute Gasteiger partial charge is 0.261 e. The Kier molecular flexibility index (Phi) is 8.42. The summed E-state index contributed by atoms with van der Waals surface area (Å²) in [5.74, 6) is 0.349. The third kappa shape index (κ3) is 5.99. The van der Waals surface area contributed by atoms with Crippen molar-refractivity contribution in [1.82, 2.24) is 10.3 Å². The highest BCUT2D eigenvalue weighted by Crippen LogP contribution is 2.43. The van der Waals surface area contributed by atoms with Gasteiger partial charge in [-0.15, -0.1) is 11.3 Å². The van der Waals surface area contributed by atoms with E-state index in [9.17, 15) is 14.4 Å². The van der Waals surface area contributed by atoms with Gasteiger partial charge in [-0.05, 0) is 118 Å². The molecule has 5 heterocycles. The summed E-state index contributed by atoms with van der Waals surface area (Å²) in [5, 5.41) is 6.21. The van der Waals surface area contributed by atoms with Gasteiger partial charge < -0.3 is 20.3 Å². The number of fused-ring (bicyclic) bond motifs is 2. The summed E-state index contributed by atoms with van der Waals surface area (Å²) in [7, 11) is 0. The summed E-state index contributed by atoms with van der Waals surface area (Å²) >= 11 is 1.40. The predicted octanol–water partition coefficient (Wildman–Crippen LogP) is 6.95. The summed E-state index contributed by atoms with van der Waals surface area (Å²) < 4.78 is 5.61. The van der Waals surface area contributed by atoms with Crippen LogP contribution in [-0.4, -0.2) is 66.8 Å². The molecule has 3 fully saturated rings. The van der Waals surface area contributed by atoms with Gasteiger partial charge in [0, 0.05) is 54.7 Å². The molecule has 2 N–H and O–H groups in total. The molecular formula is C41H42N6O4S. The molecule has 0 radical (unpaired) electrons. The molecule has 2 aliphatic carbocycles. The largest absolute Gasteiger partial charge is 0.381 e. The number of aliphatic imine (C=N–C) groups is 1. The van der Waals surface area contributed by atoms with Crippen molar-refractivity contribution in [2.24, 2.45) is 10.4 Å². The number of para-hydroxylation sites is 2. The Morgan fingerprint density at radius 2 is 1.71 bits per heavy atom. The van der Waals surface area contributed by atoms with Crippen molar-refractivity contribution in [3.05, 3.63) is 98.9 Å². The van der Waals surface area contributed by atoms with Gasteiger partial charge in [0.2, 0.25) is 0 Å². The number of anilines is 3. The maximum absolute atomic E-state index is 14.3. The van der Waals surface area contributed by atoms with Crippen molar-refractivity contribution in [2.45, 2.75) is 70.4 Å². The van der Waals surface area contributed by atoms with E-state index in [2.05, 4.69) is 15.5 Å². The van der Waals surface area contributed by atoms with Crippen molar-refractivity contribution in [3.8, 4) is 0 Å². The average Bonchev–Trinajstić information content (AvgIpc) is 3.82. The minimum Gasteiger partial charge on any atom is -0.381 e. The molecule has 1 saturated carbocycles. The quantitative estimate of drug-likeness (QED) is 0.214. The van der Waals surface area contributed by atoms with E-state index in [-0.39, 0.29) is 35.2 Å². The molecule has 11 heteroatoms. The lowest BCUT2D eigenvalue weighted by Gasteiger charge is -2.53. The molecule has 3 amide bonds. The number of nitrogens with zero attached hydrogens (tertiary/aromatic N) is 4. The van der Waals surface area contributed by atoms with E-state index in [0.29, 0.717) is 27.4 Å². The van der Waals surface area contributed by atoms with Crippen LogP contribution < -0.4 is 20.4 Å². The third-order valence-electron chi connectivity index (χ3n) is 11.5. The number of nitrogens with one attached hydrogen (secondary N) is 2. The van der Waals surface area contributed by atoms with Crippen molar-refractivity contribution < 1.29 is 19.1 Å². The molecule has 10 nitrogen and oxygen atoms in total. The Morgan fingerprint density at radius 1 is 0.923 bits per heavy atom. The topological polar surface area (TPSA) is 116 Å². The van der Waals surface area contributed by atoms with E-state index in [1.165, 1.54) is 11.3 Å². The Bertz CT molecular complexity index is 2090. The van der Waals surface area contributed by atoms with E-state index in [0.717, 1.165) is 111 Å². The zero-order valence-corrected chi connectivity index (χ0v) is 30.1. The van der Waals surface area contributed by atoms with Crippen LogP contribution in [0.15, 0.2) is 71.7 Å². The Morgan fingerprint density at radius 3 is 2.48 bits per heavy atom. The van der Waals surface area contributed by atoms with E-state index in [1.807, 2.05) is 49.4 Å². The van der Waals surface area contributed by atoms with Gasteiger partial charge in [0.05, 0.1) is 38.4 Å². The molecule has 0 unspecified atom stereocenters. The molecule has 9 rings (SSSR count). The molecule has 52 heavy (non-hydrogen) atoms. The number of amides is 3. The molecule has 0 bridgehead atoms. The molecule has 2 aromatic carbocycles. The van der Waals surface area contributed by atoms with Gasteiger partial charge in [-0.2, -0.15) is 0 Å². The summed E-state index contributed by atoms with van der Waals surface area (Å²) in [6, 6.07) is 20.4. The van der Waals surface area contributed by atoms with Crippen LogP contribution in [0.25, 0.3) is 0 Å². The van der Waals surface area contributed by atoms with Crippen molar-refractivity contribution in [2.75, 3.05) is 41.4 Å². The number of rotatable bonds is 7. The van der Waals surface area contributed by atoms with Crippen LogP contribution in [0.2, 0.25) is 0 Å². The van der Waals surface area contributed by atoms with Gasteiger partial charge in [0.15, 0.2) is 0 Å². The van der Waals surface area contributed by atoms with Gasteiger partial charge in [-0.25, -0.2) is 9.98 Å². The van der Waals surface area contributed by atoms with E-state index >= 15 is 0 Å². The maximum atomic E-state index is 14.3. The fourth-order valence-corrected chi connectivity index (χ4v) is 9.19. The monoisotopic (exact) mass is 714 g/mol. The molecule has 266 valence electrons. The molecular weight excluding hydrogens is 673 g/mol. The Hall–Kier alpha value is -4.87. The van der Waals surface area contributed by atoms with Crippen LogP contribution in [0.3, 0.4) is 0 Å². The average molecular weight is 715 g/mol. The van der Waals surface area contributed by atoms with Gasteiger partial charge in [-0.3, -0.25) is 19.3 Å². The molecule has 2 aromatic heterocycles. The molecule has 3 aliphatic heterocycles. The Labute approximate surface area is 307 Å². The van der Waals surface area contributed by atoms with E-state index in [1.54, 1.807) is 29.2 Å². The minimum atomic E-state index is -0.379. The SMILES string of the molecule is C[C@@H]1C(c2ccc(C(=O)NC3CCC3)s2)=Nc2ccccc2N1C(=O)c1ccc(NC(=O)c2cc3c(nc2N2CC4(CCOCC4)C2)CCC3)cc1. The van der Waals surface area contributed by atoms with Crippen molar-refractivity contribution in [1.29, 1.82) is 0 Å². The zero-order chi connectivity index (χ0) is 35.4. The maximum Gasteiger partial charge on any atom is 0.261 e.